The highest BCUT2D eigenvalue weighted by atomic mass is 19.4. The maximum Gasteiger partial charge on any atom is 0.421 e. The number of aromatic nitrogens is 2. The zero-order chi connectivity index (χ0) is 22.7. The average Bonchev–Trinajstić information content (AvgIpc) is 3.29. The number of nitro benzene ring substituents is 1. The molecule has 1 fully saturated rings. The van der Waals surface area contributed by atoms with Crippen LogP contribution in [0.2, 0.25) is 0 Å². The first-order chi connectivity index (χ1) is 15.3. The van der Waals surface area contributed by atoms with Crippen LogP contribution in [0.3, 0.4) is 0 Å². The number of benzene rings is 2. The molecule has 32 heavy (non-hydrogen) atoms. The molecule has 0 spiro atoms. The average molecular weight is 443 g/mol. The maximum absolute atomic E-state index is 13.4. The molecule has 1 saturated carbocycles. The molecule has 2 aromatic carbocycles. The van der Waals surface area contributed by atoms with Gasteiger partial charge in [-0.15, -0.1) is 0 Å². The lowest BCUT2D eigenvalue weighted by atomic mass is 9.98. The molecule has 2 N–H and O–H groups in total. The van der Waals surface area contributed by atoms with E-state index in [9.17, 15) is 23.3 Å². The normalized spacial score (nSPS) is 14.3. The van der Waals surface area contributed by atoms with Crippen LogP contribution in [0.4, 0.5) is 42.0 Å². The van der Waals surface area contributed by atoms with Crippen molar-refractivity contribution in [2.75, 3.05) is 10.6 Å². The SMILES string of the molecule is O=[N+]([O-])c1ccc(Nc2nc(Nc3ccc(C4CCCC4)cc3)ncc2C(F)(F)F)cc1. The van der Waals surface area contributed by atoms with Gasteiger partial charge in [0.15, 0.2) is 0 Å². The molecule has 166 valence electrons. The fraction of sp³-hybridized carbons (Fsp3) is 0.273. The van der Waals surface area contributed by atoms with Gasteiger partial charge in [0.2, 0.25) is 5.95 Å². The molecular formula is C22H20F3N5O2. The molecule has 0 amide bonds. The van der Waals surface area contributed by atoms with Crippen molar-refractivity contribution in [1.82, 2.24) is 9.97 Å². The van der Waals surface area contributed by atoms with Crippen LogP contribution in [0.15, 0.2) is 54.7 Å². The van der Waals surface area contributed by atoms with E-state index < -0.39 is 22.5 Å². The Kier molecular flexibility index (Phi) is 5.93. The second kappa shape index (κ2) is 8.81. The lowest BCUT2D eigenvalue weighted by molar-refractivity contribution is -0.384. The van der Waals surface area contributed by atoms with Crippen molar-refractivity contribution in [3.8, 4) is 0 Å². The van der Waals surface area contributed by atoms with Gasteiger partial charge in [0.1, 0.15) is 11.4 Å². The van der Waals surface area contributed by atoms with E-state index in [1.54, 1.807) is 0 Å². The van der Waals surface area contributed by atoms with Crippen LogP contribution in [0, 0.1) is 10.1 Å². The predicted molar refractivity (Wildman–Crippen MR) is 114 cm³/mol. The molecule has 0 saturated heterocycles. The van der Waals surface area contributed by atoms with Gasteiger partial charge in [-0.05, 0) is 48.6 Å². The molecule has 0 bridgehead atoms. The van der Waals surface area contributed by atoms with E-state index in [0.29, 0.717) is 17.8 Å². The van der Waals surface area contributed by atoms with Gasteiger partial charge in [0, 0.05) is 29.7 Å². The van der Waals surface area contributed by atoms with E-state index in [4.69, 9.17) is 0 Å². The monoisotopic (exact) mass is 443 g/mol. The van der Waals surface area contributed by atoms with Crippen molar-refractivity contribution in [2.45, 2.75) is 37.8 Å². The van der Waals surface area contributed by atoms with Crippen molar-refractivity contribution >= 4 is 28.8 Å². The molecule has 1 aliphatic carbocycles. The number of anilines is 4. The Morgan fingerprint density at radius 2 is 1.53 bits per heavy atom. The second-order valence-corrected chi connectivity index (χ2v) is 7.61. The highest BCUT2D eigenvalue weighted by Gasteiger charge is 2.35. The second-order valence-electron chi connectivity index (χ2n) is 7.61. The van der Waals surface area contributed by atoms with Gasteiger partial charge in [-0.2, -0.15) is 18.2 Å². The Labute approximate surface area is 181 Å². The lowest BCUT2D eigenvalue weighted by Crippen LogP contribution is -2.12. The number of alkyl halides is 3. The first-order valence-corrected chi connectivity index (χ1v) is 10.1. The van der Waals surface area contributed by atoms with Crippen LogP contribution in [0.5, 0.6) is 0 Å². The van der Waals surface area contributed by atoms with Gasteiger partial charge < -0.3 is 10.6 Å². The van der Waals surface area contributed by atoms with Gasteiger partial charge in [0.25, 0.3) is 5.69 Å². The molecule has 0 unspecified atom stereocenters. The number of hydrogen-bond acceptors (Lipinski definition) is 6. The van der Waals surface area contributed by atoms with Crippen LogP contribution < -0.4 is 10.6 Å². The van der Waals surface area contributed by atoms with Gasteiger partial charge in [-0.1, -0.05) is 25.0 Å². The zero-order valence-electron chi connectivity index (χ0n) is 16.9. The summed E-state index contributed by atoms with van der Waals surface area (Å²) in [5.74, 6) is 0.103. The van der Waals surface area contributed by atoms with E-state index in [2.05, 4.69) is 20.6 Å². The van der Waals surface area contributed by atoms with Gasteiger partial charge in [-0.3, -0.25) is 10.1 Å². The minimum absolute atomic E-state index is 0.00368. The number of halogens is 3. The topological polar surface area (TPSA) is 93.0 Å². The highest BCUT2D eigenvalue weighted by Crippen LogP contribution is 2.36. The van der Waals surface area contributed by atoms with E-state index in [0.717, 1.165) is 0 Å². The standard InChI is InChI=1S/C22H20F3N5O2/c23-22(24,25)19-13-26-21(28-17-7-5-15(6-8-17)14-3-1-2-4-14)29-20(19)27-16-9-11-18(12-10-16)30(31)32/h5-14H,1-4H2,(H2,26,27,28,29). The third-order valence-electron chi connectivity index (χ3n) is 5.43. The van der Waals surface area contributed by atoms with Crippen LogP contribution in [-0.4, -0.2) is 14.9 Å². The van der Waals surface area contributed by atoms with Crippen molar-refractivity contribution in [3.63, 3.8) is 0 Å². The van der Waals surface area contributed by atoms with Gasteiger partial charge in [0.05, 0.1) is 4.92 Å². The molecule has 0 radical (unpaired) electrons. The molecule has 10 heteroatoms. The first kappa shape index (κ1) is 21.5. The molecular weight excluding hydrogens is 423 g/mol. The van der Waals surface area contributed by atoms with E-state index in [1.807, 2.05) is 24.3 Å². The summed E-state index contributed by atoms with van der Waals surface area (Å²) in [5, 5.41) is 16.3. The molecule has 1 heterocycles. The van der Waals surface area contributed by atoms with Crippen LogP contribution >= 0.6 is 0 Å². The summed E-state index contributed by atoms with van der Waals surface area (Å²) in [5.41, 5.74) is 0.928. The number of non-ortho nitro benzene ring substituents is 1. The van der Waals surface area contributed by atoms with Crippen LogP contribution in [-0.2, 0) is 6.18 Å². The van der Waals surface area contributed by atoms with E-state index in [-0.39, 0.29) is 17.3 Å². The smallest absolute Gasteiger partial charge is 0.340 e. The number of nitrogens with zero attached hydrogens (tertiary/aromatic N) is 3. The van der Waals surface area contributed by atoms with Crippen molar-refractivity contribution in [2.24, 2.45) is 0 Å². The summed E-state index contributed by atoms with van der Waals surface area (Å²) in [4.78, 5) is 18.0. The number of nitro groups is 1. The highest BCUT2D eigenvalue weighted by molar-refractivity contribution is 5.63. The van der Waals surface area contributed by atoms with Crippen molar-refractivity contribution < 1.29 is 18.1 Å². The van der Waals surface area contributed by atoms with Crippen molar-refractivity contribution in [3.05, 3.63) is 76.0 Å². The Morgan fingerprint density at radius 1 is 0.938 bits per heavy atom. The van der Waals surface area contributed by atoms with Gasteiger partial charge >= 0.3 is 6.18 Å². The summed E-state index contributed by atoms with van der Waals surface area (Å²) in [6, 6.07) is 12.8. The van der Waals surface area contributed by atoms with E-state index in [1.165, 1.54) is 55.5 Å². The summed E-state index contributed by atoms with van der Waals surface area (Å²) < 4.78 is 40.3. The molecule has 1 aromatic heterocycles. The summed E-state index contributed by atoms with van der Waals surface area (Å²) in [6.45, 7) is 0. The zero-order valence-corrected chi connectivity index (χ0v) is 16.9. The van der Waals surface area contributed by atoms with Crippen molar-refractivity contribution in [1.29, 1.82) is 0 Å². The van der Waals surface area contributed by atoms with Crippen LogP contribution in [0.25, 0.3) is 0 Å². The number of hydrogen-bond donors (Lipinski definition) is 2. The Balaban J connectivity index is 1.56. The van der Waals surface area contributed by atoms with Crippen LogP contribution in [0.1, 0.15) is 42.7 Å². The molecule has 1 aliphatic rings. The molecule has 4 rings (SSSR count). The third-order valence-corrected chi connectivity index (χ3v) is 5.43. The Morgan fingerprint density at radius 3 is 2.12 bits per heavy atom. The predicted octanol–water partition coefficient (Wildman–Crippen LogP) is 6.55. The van der Waals surface area contributed by atoms with E-state index >= 15 is 0 Å². The summed E-state index contributed by atoms with van der Waals surface area (Å²) >= 11 is 0. The molecule has 3 aromatic rings. The Hall–Kier alpha value is -3.69. The van der Waals surface area contributed by atoms with Gasteiger partial charge in [-0.25, -0.2) is 4.98 Å². The fourth-order valence-corrected chi connectivity index (χ4v) is 3.77. The summed E-state index contributed by atoms with van der Waals surface area (Å²) in [6.07, 6.45) is 0.836. The molecule has 0 aliphatic heterocycles. The quantitative estimate of drug-likeness (QED) is 0.332. The first-order valence-electron chi connectivity index (χ1n) is 10.1. The maximum atomic E-state index is 13.4. The Bertz CT molecular complexity index is 1100. The number of nitrogens with one attached hydrogen (secondary N) is 2. The molecule has 7 nitrogen and oxygen atoms in total. The third kappa shape index (κ3) is 4.96. The lowest BCUT2D eigenvalue weighted by Gasteiger charge is -2.15. The molecule has 0 atom stereocenters. The minimum Gasteiger partial charge on any atom is -0.340 e. The largest absolute Gasteiger partial charge is 0.421 e. The minimum atomic E-state index is -4.68. The number of rotatable bonds is 6. The fourth-order valence-electron chi connectivity index (χ4n) is 3.77. The summed E-state index contributed by atoms with van der Waals surface area (Å²) in [7, 11) is 0.